The molecule has 55 heavy (non-hydrogen) atoms. The summed E-state index contributed by atoms with van der Waals surface area (Å²) in [4.78, 5) is 68.1. The summed E-state index contributed by atoms with van der Waals surface area (Å²) in [5.41, 5.74) is 6.44. The molecular weight excluding hydrogens is 699 g/mol. The molecular formula is C40H43N11O4. The molecule has 0 saturated carbocycles. The molecule has 15 heteroatoms. The highest BCUT2D eigenvalue weighted by atomic mass is 16.2. The number of piperidine rings is 2. The van der Waals surface area contributed by atoms with E-state index in [1.54, 1.807) is 18.3 Å². The third-order valence-electron chi connectivity index (χ3n) is 11.4. The number of hydrogen-bond acceptors (Lipinski definition) is 11. The number of nitrogens with one attached hydrogen (secondary N) is 2. The largest absolute Gasteiger partial charge is 0.369 e. The van der Waals surface area contributed by atoms with E-state index in [0.717, 1.165) is 98.4 Å². The third-order valence-corrected chi connectivity index (χ3v) is 11.4. The molecule has 3 aromatic heterocycles. The number of nitrogens with zero attached hydrogens (tertiary/aromatic N) is 9. The molecule has 9 rings (SSSR count). The van der Waals surface area contributed by atoms with Crippen LogP contribution in [0.15, 0.2) is 73.4 Å². The van der Waals surface area contributed by atoms with E-state index in [0.29, 0.717) is 23.0 Å². The van der Waals surface area contributed by atoms with Gasteiger partial charge in [-0.2, -0.15) is 5.10 Å². The number of imide groups is 2. The van der Waals surface area contributed by atoms with Crippen LogP contribution in [-0.4, -0.2) is 121 Å². The normalized spacial score (nSPS) is 20.1. The summed E-state index contributed by atoms with van der Waals surface area (Å²) in [6.07, 6.45) is 11.9. The molecule has 3 fully saturated rings. The zero-order valence-corrected chi connectivity index (χ0v) is 30.7. The van der Waals surface area contributed by atoms with Crippen LogP contribution in [0.25, 0.3) is 16.9 Å². The number of hydrogen-bond donors (Lipinski definition) is 2. The molecule has 2 N–H and O–H groups in total. The Kier molecular flexibility index (Phi) is 9.10. The summed E-state index contributed by atoms with van der Waals surface area (Å²) in [5, 5.41) is 10.4. The van der Waals surface area contributed by atoms with Crippen LogP contribution in [0.2, 0.25) is 0 Å². The second kappa shape index (κ2) is 14.4. The van der Waals surface area contributed by atoms with Gasteiger partial charge in [-0.15, -0.1) is 0 Å². The van der Waals surface area contributed by atoms with E-state index in [1.807, 2.05) is 24.7 Å². The maximum Gasteiger partial charge on any atom is 0.262 e. The molecule has 2 aromatic carbocycles. The fourth-order valence-corrected chi connectivity index (χ4v) is 8.34. The number of rotatable bonds is 9. The first kappa shape index (κ1) is 34.8. The lowest BCUT2D eigenvalue weighted by Gasteiger charge is -2.38. The molecule has 15 nitrogen and oxygen atoms in total. The summed E-state index contributed by atoms with van der Waals surface area (Å²) in [6.45, 7) is 9.55. The van der Waals surface area contributed by atoms with Gasteiger partial charge >= 0.3 is 0 Å². The third kappa shape index (κ3) is 6.74. The van der Waals surface area contributed by atoms with Crippen LogP contribution in [0.4, 0.5) is 17.2 Å². The lowest BCUT2D eigenvalue weighted by atomic mass is 10.0. The lowest BCUT2D eigenvalue weighted by molar-refractivity contribution is -0.136. The zero-order valence-electron chi connectivity index (χ0n) is 30.7. The van der Waals surface area contributed by atoms with Crippen LogP contribution in [0, 0.1) is 6.92 Å². The Morgan fingerprint density at radius 2 is 1.62 bits per heavy atom. The van der Waals surface area contributed by atoms with Crippen LogP contribution < -0.4 is 15.5 Å². The molecule has 282 valence electrons. The molecule has 0 bridgehead atoms. The predicted molar refractivity (Wildman–Crippen MR) is 205 cm³/mol. The summed E-state index contributed by atoms with van der Waals surface area (Å²) in [7, 11) is 0. The number of anilines is 3. The van der Waals surface area contributed by atoms with E-state index in [4.69, 9.17) is 10.1 Å². The van der Waals surface area contributed by atoms with Crippen molar-refractivity contribution in [3.63, 3.8) is 0 Å². The first-order valence-electron chi connectivity index (χ1n) is 19.0. The van der Waals surface area contributed by atoms with Crippen LogP contribution in [-0.2, 0) is 9.59 Å². The number of carbonyl (C=O) groups excluding carboxylic acids is 4. The Balaban J connectivity index is 0.742. The van der Waals surface area contributed by atoms with Crippen molar-refractivity contribution in [3.8, 4) is 11.3 Å². The van der Waals surface area contributed by atoms with E-state index in [-0.39, 0.29) is 18.7 Å². The van der Waals surface area contributed by atoms with Gasteiger partial charge in [-0.3, -0.25) is 43.4 Å². The number of carbonyl (C=O) groups is 4. The minimum absolute atomic E-state index is 0.100. The van der Waals surface area contributed by atoms with Crippen molar-refractivity contribution in [1.82, 2.24) is 44.2 Å². The Bertz CT molecular complexity index is 2300. The minimum Gasteiger partial charge on any atom is -0.369 e. The van der Waals surface area contributed by atoms with E-state index in [1.165, 1.54) is 5.56 Å². The van der Waals surface area contributed by atoms with E-state index in [2.05, 4.69) is 76.8 Å². The second-order valence-electron chi connectivity index (χ2n) is 14.9. The zero-order chi connectivity index (χ0) is 37.6. The average molecular weight is 742 g/mol. The van der Waals surface area contributed by atoms with Crippen molar-refractivity contribution in [3.05, 3.63) is 90.1 Å². The highest BCUT2D eigenvalue weighted by molar-refractivity contribution is 6.23. The maximum atomic E-state index is 13.3. The standard InChI is InChI=1S/C40H43N11O4/c1-26-3-2-4-27(21-26)34-24-42-36(37-41-11-14-49(34)37)44-28-23-43-50(25-28)29-9-12-46(13-10-29)15-16-47-17-19-48(20-18-47)30-5-6-31-32(22-30)40(55)51(39(31)54)33-7-8-35(52)45-38(33)53/h2-6,11,14,21-25,29,33H,7-10,12-13,15-20H2,1H3,(H,42,44)(H,45,52,53). The maximum absolute atomic E-state index is 13.3. The van der Waals surface area contributed by atoms with Gasteiger partial charge in [-0.25, -0.2) is 9.97 Å². The number of likely N-dealkylation sites (tertiary alicyclic amines) is 1. The van der Waals surface area contributed by atoms with Gasteiger partial charge in [-0.1, -0.05) is 23.8 Å². The van der Waals surface area contributed by atoms with Crippen LogP contribution in [0.3, 0.4) is 0 Å². The average Bonchev–Trinajstić information content (AvgIpc) is 3.94. The van der Waals surface area contributed by atoms with Crippen LogP contribution in [0.1, 0.15) is 58.0 Å². The van der Waals surface area contributed by atoms with Gasteiger partial charge in [0.15, 0.2) is 11.5 Å². The summed E-state index contributed by atoms with van der Waals surface area (Å²) in [6, 6.07) is 13.1. The molecule has 1 unspecified atom stereocenters. The Morgan fingerprint density at radius 3 is 2.40 bits per heavy atom. The van der Waals surface area contributed by atoms with Gasteiger partial charge < -0.3 is 15.1 Å². The highest BCUT2D eigenvalue weighted by Crippen LogP contribution is 2.32. The van der Waals surface area contributed by atoms with Gasteiger partial charge in [-0.05, 0) is 50.5 Å². The van der Waals surface area contributed by atoms with Crippen molar-refractivity contribution in [2.75, 3.05) is 62.6 Å². The topological polar surface area (TPSA) is 153 Å². The van der Waals surface area contributed by atoms with Crippen LogP contribution in [0.5, 0.6) is 0 Å². The molecule has 0 spiro atoms. The molecule has 5 aromatic rings. The van der Waals surface area contributed by atoms with Gasteiger partial charge in [0.25, 0.3) is 11.8 Å². The molecule has 4 aliphatic rings. The summed E-state index contributed by atoms with van der Waals surface area (Å²) in [5.74, 6) is -1.25. The van der Waals surface area contributed by atoms with Crippen molar-refractivity contribution in [1.29, 1.82) is 0 Å². The fourth-order valence-electron chi connectivity index (χ4n) is 8.34. The monoisotopic (exact) mass is 741 g/mol. The number of amides is 4. The van der Waals surface area contributed by atoms with Gasteiger partial charge in [0.05, 0.1) is 40.9 Å². The van der Waals surface area contributed by atoms with Gasteiger partial charge in [0.1, 0.15) is 6.04 Å². The number of aromatic nitrogens is 5. The second-order valence-corrected chi connectivity index (χ2v) is 14.9. The Morgan fingerprint density at radius 1 is 0.836 bits per heavy atom. The van der Waals surface area contributed by atoms with E-state index < -0.39 is 23.8 Å². The Hall–Kier alpha value is -5.93. The molecule has 4 aliphatic heterocycles. The Labute approximate surface area is 317 Å². The van der Waals surface area contributed by atoms with Crippen LogP contribution >= 0.6 is 0 Å². The summed E-state index contributed by atoms with van der Waals surface area (Å²) >= 11 is 0. The predicted octanol–water partition coefficient (Wildman–Crippen LogP) is 3.51. The fraction of sp³-hybridized carbons (Fsp3) is 0.375. The summed E-state index contributed by atoms with van der Waals surface area (Å²) < 4.78 is 4.14. The quantitative estimate of drug-likeness (QED) is 0.214. The first-order valence-corrected chi connectivity index (χ1v) is 19.0. The van der Waals surface area contributed by atoms with Crippen molar-refractivity contribution in [2.24, 2.45) is 0 Å². The first-order chi connectivity index (χ1) is 26.8. The number of imidazole rings is 1. The number of benzene rings is 2. The van der Waals surface area contributed by atoms with E-state index >= 15 is 0 Å². The molecule has 0 aliphatic carbocycles. The number of fused-ring (bicyclic) bond motifs is 2. The van der Waals surface area contributed by atoms with E-state index in [9.17, 15) is 19.2 Å². The van der Waals surface area contributed by atoms with Gasteiger partial charge in [0, 0.05) is 88.6 Å². The van der Waals surface area contributed by atoms with Crippen molar-refractivity contribution >= 4 is 46.5 Å². The molecule has 0 radical (unpaired) electrons. The van der Waals surface area contributed by atoms with Crippen molar-refractivity contribution < 1.29 is 19.2 Å². The number of aryl methyl sites for hydroxylation is 1. The number of piperazine rings is 1. The SMILES string of the molecule is Cc1cccc(-c2cnc(Nc3cnn(C4CCN(CCN5CCN(c6ccc7c(c6)C(=O)N(C6CCC(=O)NC6=O)C7=O)CC5)CC4)c3)c3nccn23)c1. The lowest BCUT2D eigenvalue weighted by Crippen LogP contribution is -2.54. The van der Waals surface area contributed by atoms with Crippen molar-refractivity contribution in [2.45, 2.75) is 44.7 Å². The highest BCUT2D eigenvalue weighted by Gasteiger charge is 2.44. The molecule has 1 atom stereocenters. The smallest absolute Gasteiger partial charge is 0.262 e. The van der Waals surface area contributed by atoms with Gasteiger partial charge in [0.2, 0.25) is 11.8 Å². The molecule has 4 amide bonds. The molecule has 7 heterocycles. The molecule has 3 saturated heterocycles. The minimum atomic E-state index is -0.962.